The van der Waals surface area contributed by atoms with Gasteiger partial charge in [0.05, 0.1) is 6.04 Å². The molecule has 21 heavy (non-hydrogen) atoms. The molecule has 0 spiro atoms. The Hall–Kier alpha value is -1.55. The van der Waals surface area contributed by atoms with Gasteiger partial charge in [0.15, 0.2) is 5.84 Å². The van der Waals surface area contributed by atoms with Crippen molar-refractivity contribution in [3.05, 3.63) is 35.4 Å². The first kappa shape index (κ1) is 15.8. The van der Waals surface area contributed by atoms with Crippen LogP contribution in [0.2, 0.25) is 0 Å². The molecule has 4 nitrogen and oxygen atoms in total. The van der Waals surface area contributed by atoms with Crippen LogP contribution in [0.25, 0.3) is 0 Å². The van der Waals surface area contributed by atoms with Crippen LogP contribution in [-0.4, -0.2) is 28.5 Å². The van der Waals surface area contributed by atoms with Gasteiger partial charge in [-0.2, -0.15) is 0 Å². The number of hydrogen-bond acceptors (Lipinski definition) is 3. The van der Waals surface area contributed by atoms with Crippen LogP contribution in [0.15, 0.2) is 29.4 Å². The Kier molecular flexibility index (Phi) is 4.88. The molecule has 1 saturated heterocycles. The Morgan fingerprint density at radius 2 is 1.95 bits per heavy atom. The Labute approximate surface area is 127 Å². The molecule has 0 bridgehead atoms. The fourth-order valence-electron chi connectivity index (χ4n) is 2.93. The molecule has 1 aromatic carbocycles. The zero-order valence-electron chi connectivity index (χ0n) is 13.3. The topological polar surface area (TPSA) is 61.8 Å². The van der Waals surface area contributed by atoms with Crippen LogP contribution in [-0.2, 0) is 12.0 Å². The SMILES string of the molecule is CC(C)(C)c1ccc(CN2CCCCC2C(N)=NO)cc1. The molecule has 1 atom stereocenters. The fourth-order valence-corrected chi connectivity index (χ4v) is 2.93. The summed E-state index contributed by atoms with van der Waals surface area (Å²) in [5.41, 5.74) is 8.64. The van der Waals surface area contributed by atoms with Gasteiger partial charge < -0.3 is 10.9 Å². The predicted octanol–water partition coefficient (Wildman–Crippen LogP) is 3.09. The summed E-state index contributed by atoms with van der Waals surface area (Å²) in [6, 6.07) is 8.86. The molecule has 1 aliphatic rings. The van der Waals surface area contributed by atoms with Gasteiger partial charge in [-0.25, -0.2) is 0 Å². The summed E-state index contributed by atoms with van der Waals surface area (Å²) in [6.07, 6.45) is 3.28. The minimum atomic E-state index is 0.0612. The van der Waals surface area contributed by atoms with Gasteiger partial charge in [0.1, 0.15) is 0 Å². The van der Waals surface area contributed by atoms with Gasteiger partial charge >= 0.3 is 0 Å². The first-order chi connectivity index (χ1) is 9.91. The van der Waals surface area contributed by atoms with Crippen molar-refractivity contribution in [1.82, 2.24) is 4.90 Å². The molecule has 2 rings (SSSR count). The zero-order chi connectivity index (χ0) is 15.5. The molecule has 1 heterocycles. The van der Waals surface area contributed by atoms with E-state index in [4.69, 9.17) is 10.9 Å². The molecular weight excluding hydrogens is 262 g/mol. The zero-order valence-corrected chi connectivity index (χ0v) is 13.3. The van der Waals surface area contributed by atoms with Crippen molar-refractivity contribution in [3.8, 4) is 0 Å². The second kappa shape index (κ2) is 6.48. The predicted molar refractivity (Wildman–Crippen MR) is 86.6 cm³/mol. The van der Waals surface area contributed by atoms with Crippen LogP contribution in [0, 0.1) is 0 Å². The Bertz CT molecular complexity index is 488. The first-order valence-corrected chi connectivity index (χ1v) is 7.72. The second-order valence-electron chi connectivity index (χ2n) is 6.95. The fraction of sp³-hybridized carbons (Fsp3) is 0.588. The number of hydrogen-bond donors (Lipinski definition) is 2. The van der Waals surface area contributed by atoms with E-state index >= 15 is 0 Å². The van der Waals surface area contributed by atoms with Crippen molar-refractivity contribution >= 4 is 5.84 Å². The number of piperidine rings is 1. The van der Waals surface area contributed by atoms with E-state index in [9.17, 15) is 0 Å². The lowest BCUT2D eigenvalue weighted by Gasteiger charge is -2.34. The number of amidine groups is 1. The molecule has 0 aliphatic carbocycles. The Balaban J connectivity index is 2.09. The van der Waals surface area contributed by atoms with Gasteiger partial charge in [-0.3, -0.25) is 4.90 Å². The molecule has 1 fully saturated rings. The van der Waals surface area contributed by atoms with Gasteiger partial charge in [-0.1, -0.05) is 56.6 Å². The minimum Gasteiger partial charge on any atom is -0.409 e. The number of likely N-dealkylation sites (tertiary alicyclic amines) is 1. The highest BCUT2D eigenvalue weighted by Gasteiger charge is 2.26. The largest absolute Gasteiger partial charge is 0.409 e. The first-order valence-electron chi connectivity index (χ1n) is 7.72. The van der Waals surface area contributed by atoms with E-state index in [1.807, 2.05) is 0 Å². The van der Waals surface area contributed by atoms with Gasteiger partial charge in [-0.05, 0) is 35.9 Å². The van der Waals surface area contributed by atoms with Crippen LogP contribution < -0.4 is 5.73 Å². The van der Waals surface area contributed by atoms with Crippen LogP contribution in [0.3, 0.4) is 0 Å². The van der Waals surface area contributed by atoms with Gasteiger partial charge in [0.2, 0.25) is 0 Å². The van der Waals surface area contributed by atoms with E-state index in [1.165, 1.54) is 17.5 Å². The number of nitrogens with zero attached hydrogens (tertiary/aromatic N) is 2. The summed E-state index contributed by atoms with van der Waals surface area (Å²) >= 11 is 0. The average Bonchev–Trinajstić information content (AvgIpc) is 2.46. The number of oxime groups is 1. The molecule has 116 valence electrons. The summed E-state index contributed by atoms with van der Waals surface area (Å²) in [7, 11) is 0. The molecule has 3 N–H and O–H groups in total. The molecule has 0 aromatic heterocycles. The van der Waals surface area contributed by atoms with E-state index in [0.29, 0.717) is 5.84 Å². The van der Waals surface area contributed by atoms with E-state index in [2.05, 4.69) is 55.1 Å². The standard InChI is InChI=1S/C17H27N3O/c1-17(2,3)14-9-7-13(8-10-14)12-20-11-5-4-6-15(20)16(18)19-21/h7-10,15,21H,4-6,11-12H2,1-3H3,(H2,18,19). The van der Waals surface area contributed by atoms with E-state index in [-0.39, 0.29) is 11.5 Å². The maximum absolute atomic E-state index is 8.93. The highest BCUT2D eigenvalue weighted by Crippen LogP contribution is 2.24. The molecule has 1 aliphatic heterocycles. The molecule has 1 aromatic rings. The second-order valence-corrected chi connectivity index (χ2v) is 6.95. The summed E-state index contributed by atoms with van der Waals surface area (Å²) < 4.78 is 0. The third-order valence-electron chi connectivity index (χ3n) is 4.28. The summed E-state index contributed by atoms with van der Waals surface area (Å²) in [4.78, 5) is 2.31. The number of rotatable bonds is 3. The van der Waals surface area contributed by atoms with E-state index in [0.717, 1.165) is 25.9 Å². The van der Waals surface area contributed by atoms with E-state index in [1.54, 1.807) is 0 Å². The lowest BCUT2D eigenvalue weighted by molar-refractivity contribution is 0.178. The van der Waals surface area contributed by atoms with Crippen molar-refractivity contribution in [3.63, 3.8) is 0 Å². The summed E-state index contributed by atoms with van der Waals surface area (Å²) in [5, 5.41) is 12.1. The highest BCUT2D eigenvalue weighted by molar-refractivity contribution is 5.85. The van der Waals surface area contributed by atoms with Crippen LogP contribution in [0.4, 0.5) is 0 Å². The Morgan fingerprint density at radius 1 is 1.29 bits per heavy atom. The maximum atomic E-state index is 8.93. The lowest BCUT2D eigenvalue weighted by atomic mass is 9.86. The molecular formula is C17H27N3O. The van der Waals surface area contributed by atoms with Crippen molar-refractivity contribution in [2.75, 3.05) is 6.54 Å². The number of benzene rings is 1. The monoisotopic (exact) mass is 289 g/mol. The van der Waals surface area contributed by atoms with Crippen molar-refractivity contribution in [2.45, 2.75) is 58.0 Å². The molecule has 0 saturated carbocycles. The van der Waals surface area contributed by atoms with Crippen molar-refractivity contribution in [2.24, 2.45) is 10.9 Å². The van der Waals surface area contributed by atoms with Gasteiger partial charge in [0.25, 0.3) is 0 Å². The van der Waals surface area contributed by atoms with Gasteiger partial charge in [-0.15, -0.1) is 0 Å². The van der Waals surface area contributed by atoms with Crippen LogP contribution in [0.5, 0.6) is 0 Å². The third kappa shape index (κ3) is 3.97. The highest BCUT2D eigenvalue weighted by atomic mass is 16.4. The Morgan fingerprint density at radius 3 is 2.52 bits per heavy atom. The average molecular weight is 289 g/mol. The lowest BCUT2D eigenvalue weighted by Crippen LogP contribution is -2.47. The third-order valence-corrected chi connectivity index (χ3v) is 4.28. The van der Waals surface area contributed by atoms with Gasteiger partial charge in [0, 0.05) is 6.54 Å². The number of nitrogens with two attached hydrogens (primary N) is 1. The quantitative estimate of drug-likeness (QED) is 0.389. The molecule has 1 unspecified atom stereocenters. The van der Waals surface area contributed by atoms with Crippen LogP contribution >= 0.6 is 0 Å². The minimum absolute atomic E-state index is 0.0612. The van der Waals surface area contributed by atoms with Crippen molar-refractivity contribution in [1.29, 1.82) is 0 Å². The maximum Gasteiger partial charge on any atom is 0.156 e. The summed E-state index contributed by atoms with van der Waals surface area (Å²) in [6.45, 7) is 8.52. The molecule has 4 heteroatoms. The summed E-state index contributed by atoms with van der Waals surface area (Å²) in [5.74, 6) is 0.334. The van der Waals surface area contributed by atoms with Crippen molar-refractivity contribution < 1.29 is 5.21 Å². The smallest absolute Gasteiger partial charge is 0.156 e. The van der Waals surface area contributed by atoms with Crippen LogP contribution in [0.1, 0.15) is 51.2 Å². The molecule has 0 amide bonds. The normalized spacial score (nSPS) is 21.5. The van der Waals surface area contributed by atoms with E-state index < -0.39 is 0 Å². The molecule has 0 radical (unpaired) electrons.